The van der Waals surface area contributed by atoms with Gasteiger partial charge in [-0.1, -0.05) is 25.1 Å². The molecular weight excluding hydrogens is 334 g/mol. The number of ether oxygens (including phenoxy) is 1. The number of carboxylic acid groups (broad SMARTS) is 1. The number of carboxylic acids is 1. The average molecular weight is 356 g/mol. The molecule has 1 aliphatic rings. The van der Waals surface area contributed by atoms with E-state index in [4.69, 9.17) is 0 Å². The summed E-state index contributed by atoms with van der Waals surface area (Å²) < 4.78 is 29.5. The van der Waals surface area contributed by atoms with Crippen LogP contribution in [-0.2, 0) is 4.79 Å². The SMILES string of the molecule is CC1CC(C(=O)O)CN(C(=O)NC(C)c2ccccc2OC(F)F)C1. The summed E-state index contributed by atoms with van der Waals surface area (Å²) in [6.07, 6.45) is 0.528. The molecule has 8 heteroatoms. The van der Waals surface area contributed by atoms with Crippen molar-refractivity contribution >= 4 is 12.0 Å². The van der Waals surface area contributed by atoms with E-state index < -0.39 is 30.6 Å². The lowest BCUT2D eigenvalue weighted by Gasteiger charge is -2.35. The fourth-order valence-electron chi connectivity index (χ4n) is 3.09. The lowest BCUT2D eigenvalue weighted by molar-refractivity contribution is -0.143. The van der Waals surface area contributed by atoms with Crippen LogP contribution >= 0.6 is 0 Å². The molecule has 25 heavy (non-hydrogen) atoms. The van der Waals surface area contributed by atoms with Crippen LogP contribution in [0.2, 0.25) is 0 Å². The Kier molecular flexibility index (Phi) is 6.17. The number of nitrogens with one attached hydrogen (secondary N) is 1. The van der Waals surface area contributed by atoms with Crippen molar-refractivity contribution in [3.8, 4) is 5.75 Å². The number of hydrogen-bond acceptors (Lipinski definition) is 3. The van der Waals surface area contributed by atoms with Crippen LogP contribution in [0.15, 0.2) is 24.3 Å². The fourth-order valence-corrected chi connectivity index (χ4v) is 3.09. The Morgan fingerprint density at radius 3 is 2.64 bits per heavy atom. The zero-order chi connectivity index (χ0) is 18.6. The number of para-hydroxylation sites is 1. The van der Waals surface area contributed by atoms with Crippen LogP contribution in [0.3, 0.4) is 0 Å². The molecule has 1 aromatic carbocycles. The number of amides is 2. The molecule has 0 bridgehead atoms. The van der Waals surface area contributed by atoms with E-state index >= 15 is 0 Å². The van der Waals surface area contributed by atoms with Crippen molar-refractivity contribution in [1.82, 2.24) is 10.2 Å². The highest BCUT2D eigenvalue weighted by molar-refractivity contribution is 5.77. The molecule has 1 aromatic rings. The van der Waals surface area contributed by atoms with Crippen molar-refractivity contribution < 1.29 is 28.2 Å². The Balaban J connectivity index is 2.06. The first-order valence-electron chi connectivity index (χ1n) is 8.10. The molecule has 3 atom stereocenters. The molecule has 1 heterocycles. The van der Waals surface area contributed by atoms with Gasteiger partial charge in [-0.05, 0) is 25.3 Å². The third kappa shape index (κ3) is 5.04. The van der Waals surface area contributed by atoms with Crippen molar-refractivity contribution in [3.63, 3.8) is 0 Å². The molecule has 3 unspecified atom stereocenters. The molecule has 1 fully saturated rings. The van der Waals surface area contributed by atoms with Crippen LogP contribution < -0.4 is 10.1 Å². The molecule has 0 spiro atoms. The largest absolute Gasteiger partial charge is 0.481 e. The molecule has 6 nitrogen and oxygen atoms in total. The molecule has 0 aromatic heterocycles. The first kappa shape index (κ1) is 19.0. The van der Waals surface area contributed by atoms with Crippen molar-refractivity contribution in [2.24, 2.45) is 11.8 Å². The maximum atomic E-state index is 12.5. The van der Waals surface area contributed by atoms with E-state index in [2.05, 4.69) is 10.1 Å². The summed E-state index contributed by atoms with van der Waals surface area (Å²) in [5, 5.41) is 11.9. The van der Waals surface area contributed by atoms with Gasteiger partial charge in [0.05, 0.1) is 12.0 Å². The van der Waals surface area contributed by atoms with Gasteiger partial charge in [0.25, 0.3) is 0 Å². The number of alkyl halides is 2. The van der Waals surface area contributed by atoms with Crippen LogP contribution in [0.25, 0.3) is 0 Å². The predicted molar refractivity (Wildman–Crippen MR) is 86.5 cm³/mol. The first-order chi connectivity index (χ1) is 11.8. The Labute approximate surface area is 144 Å². The van der Waals surface area contributed by atoms with Crippen molar-refractivity contribution in [2.75, 3.05) is 13.1 Å². The highest BCUT2D eigenvalue weighted by Crippen LogP contribution is 2.27. The molecular formula is C17H22F2N2O4. The minimum Gasteiger partial charge on any atom is -0.481 e. The van der Waals surface area contributed by atoms with Crippen LogP contribution in [0.4, 0.5) is 13.6 Å². The van der Waals surface area contributed by atoms with E-state index in [1.165, 1.54) is 11.0 Å². The van der Waals surface area contributed by atoms with Crippen LogP contribution in [0, 0.1) is 11.8 Å². The molecule has 0 aliphatic carbocycles. The molecule has 1 saturated heterocycles. The number of benzene rings is 1. The van der Waals surface area contributed by atoms with E-state index in [-0.39, 0.29) is 18.2 Å². The van der Waals surface area contributed by atoms with Crippen molar-refractivity contribution in [1.29, 1.82) is 0 Å². The quantitative estimate of drug-likeness (QED) is 0.850. The number of nitrogens with zero attached hydrogens (tertiary/aromatic N) is 1. The standard InChI is InChI=1S/C17H22F2N2O4/c1-10-7-12(15(22)23)9-21(8-10)17(24)20-11(2)13-5-3-4-6-14(13)25-16(18)19/h3-6,10-12,16H,7-9H2,1-2H3,(H,20,24)(H,22,23). The maximum Gasteiger partial charge on any atom is 0.387 e. The molecule has 138 valence electrons. The van der Waals surface area contributed by atoms with E-state index in [0.717, 1.165) is 0 Å². The molecule has 2 amide bonds. The van der Waals surface area contributed by atoms with Gasteiger partial charge >= 0.3 is 18.6 Å². The number of aliphatic carboxylic acids is 1. The zero-order valence-electron chi connectivity index (χ0n) is 14.1. The Morgan fingerprint density at radius 2 is 2.00 bits per heavy atom. The minimum atomic E-state index is -2.96. The van der Waals surface area contributed by atoms with E-state index in [1.54, 1.807) is 25.1 Å². The third-order valence-corrected chi connectivity index (χ3v) is 4.24. The number of piperidine rings is 1. The average Bonchev–Trinajstić information content (AvgIpc) is 2.54. The lowest BCUT2D eigenvalue weighted by Crippen LogP contribution is -2.49. The zero-order valence-corrected chi connectivity index (χ0v) is 14.1. The summed E-state index contributed by atoms with van der Waals surface area (Å²) in [5.74, 6) is -1.45. The van der Waals surface area contributed by atoms with Crippen LogP contribution in [0.5, 0.6) is 5.75 Å². The highest BCUT2D eigenvalue weighted by Gasteiger charge is 2.32. The Hall–Kier alpha value is -2.38. The van der Waals surface area contributed by atoms with Gasteiger partial charge in [-0.25, -0.2) is 4.79 Å². The molecule has 2 N–H and O–H groups in total. The van der Waals surface area contributed by atoms with Crippen molar-refractivity contribution in [3.05, 3.63) is 29.8 Å². The smallest absolute Gasteiger partial charge is 0.387 e. The van der Waals surface area contributed by atoms with Gasteiger partial charge in [0, 0.05) is 18.7 Å². The molecule has 0 radical (unpaired) electrons. The molecule has 1 aliphatic heterocycles. The normalized spacial score (nSPS) is 21.7. The lowest BCUT2D eigenvalue weighted by atomic mass is 9.91. The second kappa shape index (κ2) is 8.13. The number of urea groups is 1. The van der Waals surface area contributed by atoms with E-state index in [0.29, 0.717) is 18.5 Å². The summed E-state index contributed by atoms with van der Waals surface area (Å²) in [7, 11) is 0. The van der Waals surface area contributed by atoms with Gasteiger partial charge in [0.15, 0.2) is 0 Å². The molecule has 2 rings (SSSR count). The summed E-state index contributed by atoms with van der Waals surface area (Å²) in [5.41, 5.74) is 0.427. The number of carbonyl (C=O) groups excluding carboxylic acids is 1. The van der Waals surface area contributed by atoms with Crippen LogP contribution in [-0.4, -0.2) is 41.7 Å². The number of rotatable bonds is 5. The molecule has 0 saturated carbocycles. The highest BCUT2D eigenvalue weighted by atomic mass is 19.3. The fraction of sp³-hybridized carbons (Fsp3) is 0.529. The summed E-state index contributed by atoms with van der Waals surface area (Å²) in [6.45, 7) is 1.19. The van der Waals surface area contributed by atoms with Gasteiger partial charge in [0.2, 0.25) is 0 Å². The summed E-state index contributed by atoms with van der Waals surface area (Å²) in [4.78, 5) is 25.1. The van der Waals surface area contributed by atoms with E-state index in [9.17, 15) is 23.5 Å². The van der Waals surface area contributed by atoms with Crippen LogP contribution in [0.1, 0.15) is 31.9 Å². The second-order valence-corrected chi connectivity index (χ2v) is 6.37. The number of hydrogen-bond donors (Lipinski definition) is 2. The first-order valence-corrected chi connectivity index (χ1v) is 8.10. The minimum absolute atomic E-state index is 0.000671. The third-order valence-electron chi connectivity index (χ3n) is 4.24. The van der Waals surface area contributed by atoms with Gasteiger partial charge in [-0.3, -0.25) is 4.79 Å². The van der Waals surface area contributed by atoms with Gasteiger partial charge in [0.1, 0.15) is 5.75 Å². The van der Waals surface area contributed by atoms with Gasteiger partial charge in [-0.2, -0.15) is 8.78 Å². The topological polar surface area (TPSA) is 78.9 Å². The van der Waals surface area contributed by atoms with E-state index in [1.807, 2.05) is 6.92 Å². The maximum absolute atomic E-state index is 12.5. The number of carbonyl (C=O) groups is 2. The second-order valence-electron chi connectivity index (χ2n) is 6.37. The Morgan fingerprint density at radius 1 is 1.32 bits per heavy atom. The summed E-state index contributed by atoms with van der Waals surface area (Å²) in [6, 6.07) is 5.26. The monoisotopic (exact) mass is 356 g/mol. The van der Waals surface area contributed by atoms with Crippen molar-refractivity contribution in [2.45, 2.75) is 32.9 Å². The number of halogens is 2. The summed E-state index contributed by atoms with van der Waals surface area (Å²) >= 11 is 0. The predicted octanol–water partition coefficient (Wildman–Crippen LogP) is 3.10. The van der Waals surface area contributed by atoms with Gasteiger partial charge in [-0.15, -0.1) is 0 Å². The Bertz CT molecular complexity index is 626. The van der Waals surface area contributed by atoms with Gasteiger partial charge < -0.3 is 20.1 Å². The number of likely N-dealkylation sites (tertiary alicyclic amines) is 1.